The first kappa shape index (κ1) is 20.9. The highest BCUT2D eigenvalue weighted by Crippen LogP contribution is 2.44. The van der Waals surface area contributed by atoms with Crippen LogP contribution in [0.3, 0.4) is 0 Å². The van der Waals surface area contributed by atoms with Gasteiger partial charge >= 0.3 is 0 Å². The van der Waals surface area contributed by atoms with Gasteiger partial charge in [-0.2, -0.15) is 5.26 Å². The predicted molar refractivity (Wildman–Crippen MR) is 124 cm³/mol. The number of halogens is 1. The number of benzene rings is 1. The first-order valence-corrected chi connectivity index (χ1v) is 11.6. The number of thiophene rings is 1. The lowest BCUT2D eigenvalue weighted by Gasteiger charge is -2.33. The summed E-state index contributed by atoms with van der Waals surface area (Å²) in [6.45, 7) is 6.80. The van der Waals surface area contributed by atoms with Gasteiger partial charge in [0.25, 0.3) is 5.91 Å². The average Bonchev–Trinajstić information content (AvgIpc) is 3.31. The van der Waals surface area contributed by atoms with Crippen molar-refractivity contribution < 1.29 is 9.21 Å². The first-order chi connectivity index (χ1) is 14.3. The highest BCUT2D eigenvalue weighted by molar-refractivity contribution is 9.10. The maximum Gasteiger partial charge on any atom is 0.292 e. The molecule has 0 spiro atoms. The highest BCUT2D eigenvalue weighted by Gasteiger charge is 2.32. The minimum atomic E-state index is -0.333. The van der Waals surface area contributed by atoms with Gasteiger partial charge in [-0.25, -0.2) is 0 Å². The van der Waals surface area contributed by atoms with Gasteiger partial charge in [0.05, 0.1) is 5.56 Å². The Labute approximate surface area is 189 Å². The molecule has 1 aliphatic carbocycles. The number of nitrogens with zero attached hydrogens (tertiary/aromatic N) is 1. The minimum Gasteiger partial charge on any atom is -0.451 e. The molecule has 1 atom stereocenters. The van der Waals surface area contributed by atoms with Gasteiger partial charge in [0.15, 0.2) is 5.76 Å². The summed E-state index contributed by atoms with van der Waals surface area (Å²) in [4.78, 5) is 14.0. The van der Waals surface area contributed by atoms with Gasteiger partial charge in [0.2, 0.25) is 0 Å². The second kappa shape index (κ2) is 8.05. The maximum absolute atomic E-state index is 12.8. The zero-order valence-electron chi connectivity index (χ0n) is 17.2. The van der Waals surface area contributed by atoms with Crippen molar-refractivity contribution >= 4 is 38.2 Å². The van der Waals surface area contributed by atoms with Crippen molar-refractivity contribution in [3.63, 3.8) is 0 Å². The summed E-state index contributed by atoms with van der Waals surface area (Å²) in [6, 6.07) is 13.5. The van der Waals surface area contributed by atoms with Crippen molar-refractivity contribution in [2.45, 2.75) is 40.0 Å². The standard InChI is InChI=1S/C24H23BrN2O2S/c1-24(2,3)15-6-9-17-18(13-26)23(30-21(17)12-15)27-22(28)20-11-10-19(29-20)14-4-7-16(25)8-5-14/h4-5,7-8,10-11,15H,6,9,12H2,1-3H3,(H,27,28)/t15-/m0/s1. The van der Waals surface area contributed by atoms with Gasteiger partial charge in [-0.1, -0.05) is 48.8 Å². The van der Waals surface area contributed by atoms with Crippen LogP contribution in [-0.2, 0) is 12.8 Å². The van der Waals surface area contributed by atoms with Crippen molar-refractivity contribution in [1.82, 2.24) is 0 Å². The van der Waals surface area contributed by atoms with E-state index in [1.807, 2.05) is 24.3 Å². The van der Waals surface area contributed by atoms with Crippen molar-refractivity contribution in [2.75, 3.05) is 5.32 Å². The molecule has 0 bridgehead atoms. The molecule has 0 unspecified atom stereocenters. The van der Waals surface area contributed by atoms with Crippen LogP contribution in [0, 0.1) is 22.7 Å². The molecule has 6 heteroatoms. The van der Waals surface area contributed by atoms with E-state index in [0.29, 0.717) is 22.2 Å². The van der Waals surface area contributed by atoms with Gasteiger partial charge in [-0.05, 0) is 60.4 Å². The fourth-order valence-electron chi connectivity index (χ4n) is 3.93. The summed E-state index contributed by atoms with van der Waals surface area (Å²) >= 11 is 4.95. The number of hydrogen-bond donors (Lipinski definition) is 1. The lowest BCUT2D eigenvalue weighted by atomic mass is 9.72. The molecule has 0 saturated carbocycles. The molecule has 1 aromatic carbocycles. The second-order valence-electron chi connectivity index (χ2n) is 8.75. The van der Waals surface area contributed by atoms with Crippen LogP contribution in [0.1, 0.15) is 53.8 Å². The molecule has 0 fully saturated rings. The Morgan fingerprint density at radius 2 is 1.97 bits per heavy atom. The van der Waals surface area contributed by atoms with Crippen LogP contribution in [-0.4, -0.2) is 5.91 Å². The van der Waals surface area contributed by atoms with E-state index < -0.39 is 0 Å². The van der Waals surface area contributed by atoms with E-state index in [2.05, 4.69) is 48.1 Å². The van der Waals surface area contributed by atoms with E-state index in [4.69, 9.17) is 4.42 Å². The number of anilines is 1. The number of rotatable bonds is 3. The smallest absolute Gasteiger partial charge is 0.292 e. The second-order valence-corrected chi connectivity index (χ2v) is 10.8. The predicted octanol–water partition coefficient (Wildman–Crippen LogP) is 7.05. The van der Waals surface area contributed by atoms with Crippen LogP contribution in [0.15, 0.2) is 45.3 Å². The Balaban J connectivity index is 1.55. The Morgan fingerprint density at radius 1 is 1.23 bits per heavy atom. The van der Waals surface area contributed by atoms with E-state index in [9.17, 15) is 10.1 Å². The van der Waals surface area contributed by atoms with E-state index in [1.165, 1.54) is 16.2 Å². The van der Waals surface area contributed by atoms with Gasteiger partial charge < -0.3 is 9.73 Å². The molecule has 2 aromatic heterocycles. The van der Waals surface area contributed by atoms with Gasteiger partial charge in [0.1, 0.15) is 16.8 Å². The molecule has 2 heterocycles. The van der Waals surface area contributed by atoms with E-state index in [1.54, 1.807) is 12.1 Å². The number of amides is 1. The number of fused-ring (bicyclic) bond motifs is 1. The molecule has 4 nitrogen and oxygen atoms in total. The van der Waals surface area contributed by atoms with E-state index >= 15 is 0 Å². The third-order valence-electron chi connectivity index (χ3n) is 5.79. The maximum atomic E-state index is 12.8. The topological polar surface area (TPSA) is 66.0 Å². The Morgan fingerprint density at radius 3 is 2.63 bits per heavy atom. The Hall–Kier alpha value is -2.36. The van der Waals surface area contributed by atoms with Gasteiger partial charge in [0, 0.05) is 14.9 Å². The molecule has 1 aliphatic rings. The number of nitriles is 1. The van der Waals surface area contributed by atoms with Crippen molar-refractivity contribution in [3.8, 4) is 17.4 Å². The SMILES string of the molecule is CC(C)(C)[C@H]1CCc2c(sc(NC(=O)c3ccc(-c4ccc(Br)cc4)o3)c2C#N)C1. The molecule has 4 rings (SSSR count). The molecule has 0 saturated heterocycles. The van der Waals surface area contributed by atoms with Crippen LogP contribution < -0.4 is 5.32 Å². The molecular formula is C24H23BrN2O2S. The highest BCUT2D eigenvalue weighted by atomic mass is 79.9. The summed E-state index contributed by atoms with van der Waals surface area (Å²) in [5, 5.41) is 13.3. The van der Waals surface area contributed by atoms with E-state index in [0.717, 1.165) is 34.9 Å². The average molecular weight is 483 g/mol. The minimum absolute atomic E-state index is 0.232. The van der Waals surface area contributed by atoms with Crippen LogP contribution in [0.25, 0.3) is 11.3 Å². The molecule has 0 radical (unpaired) electrons. The number of carbonyl (C=O) groups is 1. The third-order valence-corrected chi connectivity index (χ3v) is 7.49. The van der Waals surface area contributed by atoms with Crippen LogP contribution in [0.4, 0.5) is 5.00 Å². The van der Waals surface area contributed by atoms with Crippen molar-refractivity contribution in [3.05, 3.63) is 62.6 Å². The van der Waals surface area contributed by atoms with E-state index in [-0.39, 0.29) is 17.1 Å². The zero-order chi connectivity index (χ0) is 21.5. The molecule has 154 valence electrons. The fourth-order valence-corrected chi connectivity index (χ4v) is 5.46. The van der Waals surface area contributed by atoms with Crippen LogP contribution >= 0.6 is 27.3 Å². The van der Waals surface area contributed by atoms with Crippen LogP contribution in [0.2, 0.25) is 0 Å². The first-order valence-electron chi connectivity index (χ1n) is 9.98. The summed E-state index contributed by atoms with van der Waals surface area (Å²) in [5.74, 6) is 1.11. The molecule has 0 aliphatic heterocycles. The normalized spacial score (nSPS) is 16.0. The largest absolute Gasteiger partial charge is 0.451 e. The van der Waals surface area contributed by atoms with Crippen molar-refractivity contribution in [1.29, 1.82) is 5.26 Å². The molecule has 3 aromatic rings. The third kappa shape index (κ3) is 4.10. The number of carbonyl (C=O) groups excluding carboxylic acids is 1. The van der Waals surface area contributed by atoms with Crippen LogP contribution in [0.5, 0.6) is 0 Å². The van der Waals surface area contributed by atoms with Crippen molar-refractivity contribution in [2.24, 2.45) is 11.3 Å². The monoisotopic (exact) mass is 482 g/mol. The lowest BCUT2D eigenvalue weighted by molar-refractivity contribution is 0.0998. The summed E-state index contributed by atoms with van der Waals surface area (Å²) in [6.07, 6.45) is 2.92. The summed E-state index contributed by atoms with van der Waals surface area (Å²) in [5.41, 5.74) is 2.84. The number of furan rings is 1. The molecule has 1 N–H and O–H groups in total. The summed E-state index contributed by atoms with van der Waals surface area (Å²) in [7, 11) is 0. The summed E-state index contributed by atoms with van der Waals surface area (Å²) < 4.78 is 6.76. The quantitative estimate of drug-likeness (QED) is 0.434. The molecule has 30 heavy (non-hydrogen) atoms. The number of nitrogens with one attached hydrogen (secondary N) is 1. The fraction of sp³-hybridized carbons (Fsp3) is 0.333. The van der Waals surface area contributed by atoms with Gasteiger partial charge in [-0.3, -0.25) is 4.79 Å². The van der Waals surface area contributed by atoms with Gasteiger partial charge in [-0.15, -0.1) is 11.3 Å². The number of hydrogen-bond acceptors (Lipinski definition) is 4. The lowest BCUT2D eigenvalue weighted by Crippen LogP contribution is -2.26. The Kier molecular flexibility index (Phi) is 5.61. The zero-order valence-corrected chi connectivity index (χ0v) is 19.6. The molecular weight excluding hydrogens is 460 g/mol. The Bertz CT molecular complexity index is 1130. The molecule has 1 amide bonds.